The second kappa shape index (κ2) is 10.6. The third kappa shape index (κ3) is 5.24. The number of aliphatic hydroxyl groups is 1. The Morgan fingerprint density at radius 3 is 1.84 bits per heavy atom. The van der Waals surface area contributed by atoms with Gasteiger partial charge in [0.25, 0.3) is 8.32 Å². The van der Waals surface area contributed by atoms with Crippen LogP contribution in [0.3, 0.4) is 0 Å². The molecule has 0 radical (unpaired) electrons. The molecule has 3 rings (SSSR count). The van der Waals surface area contributed by atoms with Crippen molar-refractivity contribution in [2.75, 3.05) is 6.61 Å². The molecule has 1 unspecified atom stereocenters. The first-order chi connectivity index (χ1) is 15.3. The molecule has 32 heavy (non-hydrogen) atoms. The van der Waals surface area contributed by atoms with E-state index in [1.165, 1.54) is 10.4 Å². The number of halogens is 1. The van der Waals surface area contributed by atoms with E-state index in [9.17, 15) is 5.11 Å². The zero-order valence-electron chi connectivity index (χ0n) is 19.4. The van der Waals surface area contributed by atoms with Crippen molar-refractivity contribution in [3.8, 4) is 0 Å². The van der Waals surface area contributed by atoms with Gasteiger partial charge in [-0.3, -0.25) is 0 Å². The van der Waals surface area contributed by atoms with Gasteiger partial charge in [0.15, 0.2) is 0 Å². The smallest absolute Gasteiger partial charge is 0.261 e. The zero-order chi connectivity index (χ0) is 23.2. The summed E-state index contributed by atoms with van der Waals surface area (Å²) in [6, 6.07) is 28.6. The number of benzene rings is 3. The van der Waals surface area contributed by atoms with Crippen molar-refractivity contribution in [2.45, 2.75) is 45.3 Å². The Balaban J connectivity index is 1.97. The molecule has 0 saturated carbocycles. The highest BCUT2D eigenvalue weighted by molar-refractivity contribution is 6.99. The third-order valence-corrected chi connectivity index (χ3v) is 11.3. The van der Waals surface area contributed by atoms with Gasteiger partial charge in [-0.1, -0.05) is 118 Å². The summed E-state index contributed by atoms with van der Waals surface area (Å²) in [5, 5.41) is 14.0. The van der Waals surface area contributed by atoms with Crippen LogP contribution in [0.15, 0.2) is 96.6 Å². The normalized spacial score (nSPS) is 13.8. The molecule has 0 bridgehead atoms. The maximum absolute atomic E-state index is 10.9. The monoisotopic (exact) mass is 464 g/mol. The van der Waals surface area contributed by atoms with E-state index in [-0.39, 0.29) is 5.04 Å². The Morgan fingerprint density at radius 1 is 0.906 bits per heavy atom. The van der Waals surface area contributed by atoms with Crippen LogP contribution in [-0.4, -0.2) is 20.0 Å². The average molecular weight is 465 g/mol. The van der Waals surface area contributed by atoms with E-state index in [4.69, 9.17) is 16.0 Å². The molecule has 0 spiro atoms. The zero-order valence-corrected chi connectivity index (χ0v) is 21.1. The molecule has 168 valence electrons. The molecule has 3 aromatic rings. The lowest BCUT2D eigenvalue weighted by Gasteiger charge is -2.42. The predicted molar refractivity (Wildman–Crippen MR) is 138 cm³/mol. The highest BCUT2D eigenvalue weighted by atomic mass is 35.5. The van der Waals surface area contributed by atoms with Crippen LogP contribution in [0.25, 0.3) is 0 Å². The maximum atomic E-state index is 10.9. The Kier molecular flexibility index (Phi) is 8.13. The first-order valence-corrected chi connectivity index (χ1v) is 13.5. The van der Waals surface area contributed by atoms with Gasteiger partial charge >= 0.3 is 0 Å². The largest absolute Gasteiger partial charge is 0.404 e. The van der Waals surface area contributed by atoms with E-state index in [1.54, 1.807) is 0 Å². The van der Waals surface area contributed by atoms with Crippen molar-refractivity contribution in [1.29, 1.82) is 0 Å². The van der Waals surface area contributed by atoms with Crippen LogP contribution in [0.2, 0.25) is 10.1 Å². The summed E-state index contributed by atoms with van der Waals surface area (Å²) in [5.74, 6) is 0. The van der Waals surface area contributed by atoms with E-state index in [2.05, 4.69) is 82.3 Å². The summed E-state index contributed by atoms with van der Waals surface area (Å²) in [6.07, 6.45) is 2.13. The van der Waals surface area contributed by atoms with Crippen LogP contribution in [0.5, 0.6) is 0 Å². The molecule has 0 aliphatic heterocycles. The SMILES string of the molecule is CC/C(=C/CO[Si](c1ccccc1)(c1ccccc1)C(C)(C)C)C(O)c1ccc(Cl)cc1. The van der Waals surface area contributed by atoms with E-state index in [1.807, 2.05) is 36.4 Å². The summed E-state index contributed by atoms with van der Waals surface area (Å²) >= 11 is 6.01. The minimum absolute atomic E-state index is 0.0787. The lowest BCUT2D eigenvalue weighted by Crippen LogP contribution is -2.66. The summed E-state index contributed by atoms with van der Waals surface area (Å²) in [6.45, 7) is 9.32. The van der Waals surface area contributed by atoms with Gasteiger partial charge in [-0.15, -0.1) is 0 Å². The van der Waals surface area contributed by atoms with Crippen molar-refractivity contribution in [2.24, 2.45) is 0 Å². The minimum atomic E-state index is -2.59. The number of hydrogen-bond donors (Lipinski definition) is 1. The molecule has 0 aliphatic rings. The van der Waals surface area contributed by atoms with Gasteiger partial charge in [0, 0.05) is 5.02 Å². The van der Waals surface area contributed by atoms with Gasteiger partial charge in [0.1, 0.15) is 6.10 Å². The number of rotatable bonds is 8. The molecule has 1 atom stereocenters. The molecule has 0 fully saturated rings. The summed E-state index contributed by atoms with van der Waals surface area (Å²) < 4.78 is 6.93. The topological polar surface area (TPSA) is 29.5 Å². The Bertz CT molecular complexity index is 969. The molecule has 0 amide bonds. The molecular formula is C28H33ClO2Si. The first-order valence-electron chi connectivity index (χ1n) is 11.2. The van der Waals surface area contributed by atoms with Gasteiger partial charge in [-0.2, -0.15) is 0 Å². The second-order valence-corrected chi connectivity index (χ2v) is 13.8. The van der Waals surface area contributed by atoms with E-state index >= 15 is 0 Å². The number of hydrogen-bond acceptors (Lipinski definition) is 2. The summed E-state index contributed by atoms with van der Waals surface area (Å²) in [7, 11) is -2.59. The molecule has 2 nitrogen and oxygen atoms in total. The Labute approximate surface area is 198 Å². The van der Waals surface area contributed by atoms with Crippen LogP contribution >= 0.6 is 11.6 Å². The van der Waals surface area contributed by atoms with E-state index in [0.717, 1.165) is 17.6 Å². The van der Waals surface area contributed by atoms with Crippen LogP contribution < -0.4 is 10.4 Å². The molecule has 1 N–H and O–H groups in total. The highest BCUT2D eigenvalue weighted by Gasteiger charge is 2.49. The molecule has 0 aliphatic carbocycles. The van der Waals surface area contributed by atoms with Crippen LogP contribution in [0, 0.1) is 0 Å². The van der Waals surface area contributed by atoms with Crippen molar-refractivity contribution in [3.63, 3.8) is 0 Å². The van der Waals surface area contributed by atoms with E-state index < -0.39 is 14.4 Å². The molecular weight excluding hydrogens is 432 g/mol. The third-order valence-electron chi connectivity index (χ3n) is 6.01. The maximum Gasteiger partial charge on any atom is 0.261 e. The fourth-order valence-electron chi connectivity index (χ4n) is 4.34. The standard InChI is InChI=1S/C28H33ClO2Si/c1-5-22(27(30)23-16-18-24(29)19-17-23)20-21-31-32(28(2,3)4,25-12-8-6-9-13-25)26-14-10-7-11-15-26/h6-20,27,30H,5,21H2,1-4H3/b22-20-. The minimum Gasteiger partial charge on any atom is -0.404 e. The van der Waals surface area contributed by atoms with Crippen molar-refractivity contribution < 1.29 is 9.53 Å². The van der Waals surface area contributed by atoms with Crippen LogP contribution in [0.1, 0.15) is 45.8 Å². The van der Waals surface area contributed by atoms with Gasteiger partial charge in [-0.25, -0.2) is 0 Å². The first kappa shape index (κ1) is 24.5. The lowest BCUT2D eigenvalue weighted by atomic mass is 9.99. The van der Waals surface area contributed by atoms with Crippen molar-refractivity contribution >= 4 is 30.3 Å². The van der Waals surface area contributed by atoms with Crippen LogP contribution in [-0.2, 0) is 4.43 Å². The van der Waals surface area contributed by atoms with Crippen molar-refractivity contribution in [1.82, 2.24) is 0 Å². The summed E-state index contributed by atoms with van der Waals surface area (Å²) in [5.41, 5.74) is 1.79. The molecule has 0 heterocycles. The molecule has 3 aromatic carbocycles. The fraction of sp³-hybridized carbons (Fsp3) is 0.286. The molecule has 0 saturated heterocycles. The Hall–Kier alpha value is -2.17. The van der Waals surface area contributed by atoms with E-state index in [0.29, 0.717) is 11.6 Å². The van der Waals surface area contributed by atoms with Gasteiger partial charge in [-0.05, 0) is 45.1 Å². The van der Waals surface area contributed by atoms with Gasteiger partial charge in [0.05, 0.1) is 6.61 Å². The lowest BCUT2D eigenvalue weighted by molar-refractivity contribution is 0.210. The van der Waals surface area contributed by atoms with Crippen molar-refractivity contribution in [3.05, 3.63) is 107 Å². The molecule has 0 aromatic heterocycles. The quantitative estimate of drug-likeness (QED) is 0.313. The number of aliphatic hydroxyl groups excluding tert-OH is 1. The molecule has 4 heteroatoms. The summed E-state index contributed by atoms with van der Waals surface area (Å²) in [4.78, 5) is 0. The Morgan fingerprint density at radius 2 is 1.41 bits per heavy atom. The average Bonchev–Trinajstić information content (AvgIpc) is 2.80. The predicted octanol–water partition coefficient (Wildman–Crippen LogP) is 6.29. The highest BCUT2D eigenvalue weighted by Crippen LogP contribution is 2.37. The van der Waals surface area contributed by atoms with Gasteiger partial charge in [0.2, 0.25) is 0 Å². The van der Waals surface area contributed by atoms with Gasteiger partial charge < -0.3 is 9.53 Å². The van der Waals surface area contributed by atoms with Crippen LogP contribution in [0.4, 0.5) is 0 Å². The second-order valence-electron chi connectivity index (χ2n) is 9.06. The fourth-order valence-corrected chi connectivity index (χ4v) is 8.96.